The number of sulfonamides is 1. The lowest BCUT2D eigenvalue weighted by Gasteiger charge is -2.33. The second-order valence-electron chi connectivity index (χ2n) is 12.0. The third kappa shape index (κ3) is 9.89. The summed E-state index contributed by atoms with van der Waals surface area (Å²) in [4.78, 5) is 43.0. The number of nitrogens with one attached hydrogen (secondary N) is 3. The summed E-state index contributed by atoms with van der Waals surface area (Å²) >= 11 is 0. The molecule has 45 heavy (non-hydrogen) atoms. The van der Waals surface area contributed by atoms with Crippen molar-refractivity contribution >= 4 is 44.5 Å². The number of guanidine groups is 1. The van der Waals surface area contributed by atoms with Gasteiger partial charge in [-0.1, -0.05) is 49.6 Å². The lowest BCUT2D eigenvalue weighted by molar-refractivity contribution is -0.150. The van der Waals surface area contributed by atoms with Crippen molar-refractivity contribution in [3.8, 4) is 0 Å². The first-order valence-electron chi connectivity index (χ1n) is 15.9. The van der Waals surface area contributed by atoms with Gasteiger partial charge in [0.05, 0.1) is 17.9 Å². The van der Waals surface area contributed by atoms with Gasteiger partial charge < -0.3 is 25.6 Å². The Morgan fingerprint density at radius 3 is 2.38 bits per heavy atom. The van der Waals surface area contributed by atoms with Crippen LogP contribution in [0, 0.1) is 17.2 Å². The molecule has 1 aliphatic heterocycles. The third-order valence-electron chi connectivity index (χ3n) is 8.70. The highest BCUT2D eigenvalue weighted by atomic mass is 32.2. The summed E-state index contributed by atoms with van der Waals surface area (Å²) in [5.41, 5.74) is 5.59. The molecule has 1 heterocycles. The van der Waals surface area contributed by atoms with E-state index in [4.69, 9.17) is 15.9 Å². The maximum atomic E-state index is 14.1. The molecule has 13 heteroatoms. The van der Waals surface area contributed by atoms with E-state index in [0.717, 1.165) is 55.7 Å². The summed E-state index contributed by atoms with van der Waals surface area (Å²) in [5.74, 6) is -1.33. The van der Waals surface area contributed by atoms with E-state index in [0.29, 0.717) is 19.6 Å². The van der Waals surface area contributed by atoms with E-state index in [2.05, 4.69) is 10.0 Å². The topological polar surface area (TPSA) is 175 Å². The standard InChI is InChI=1S/C32H46N6O6S/c1-2-44-30(40)22-38(21-24-8-4-3-5-9-24)31(41)28(19-29(39)35-20-23-14-16-37(17-15-23)32(33)34)36-45(42,43)27-13-12-25-10-6-7-11-26(25)18-27/h6-7,10-13,18,23-24,28,36H,2-5,8-9,14-17,19-22H2,1H3,(H3,33,34)(H,35,39)/t28-/m0/s1. The normalized spacial score (nSPS) is 17.0. The van der Waals surface area contributed by atoms with E-state index in [9.17, 15) is 22.8 Å². The van der Waals surface area contributed by atoms with Gasteiger partial charge in [-0.25, -0.2) is 8.42 Å². The van der Waals surface area contributed by atoms with Gasteiger partial charge in [0.2, 0.25) is 21.8 Å². The Morgan fingerprint density at radius 2 is 1.71 bits per heavy atom. The highest BCUT2D eigenvalue weighted by molar-refractivity contribution is 7.89. The molecule has 5 N–H and O–H groups in total. The van der Waals surface area contributed by atoms with E-state index in [-0.39, 0.29) is 42.4 Å². The van der Waals surface area contributed by atoms with Crippen molar-refractivity contribution in [3.63, 3.8) is 0 Å². The number of carbonyl (C=O) groups excluding carboxylic acids is 3. The van der Waals surface area contributed by atoms with Crippen LogP contribution in [0.1, 0.15) is 58.3 Å². The van der Waals surface area contributed by atoms with E-state index in [1.807, 2.05) is 18.2 Å². The number of rotatable bonds is 13. The first kappa shape index (κ1) is 34.2. The molecule has 2 amide bonds. The number of carbonyl (C=O) groups is 3. The first-order valence-corrected chi connectivity index (χ1v) is 17.3. The highest BCUT2D eigenvalue weighted by Crippen LogP contribution is 2.25. The second-order valence-corrected chi connectivity index (χ2v) is 13.7. The number of benzene rings is 2. The van der Waals surface area contributed by atoms with Gasteiger partial charge in [0.1, 0.15) is 12.6 Å². The molecule has 0 radical (unpaired) electrons. The van der Waals surface area contributed by atoms with Crippen LogP contribution in [0.2, 0.25) is 0 Å². The molecule has 1 aliphatic carbocycles. The zero-order chi connectivity index (χ0) is 32.4. The van der Waals surface area contributed by atoms with Gasteiger partial charge in [0.15, 0.2) is 5.96 Å². The summed E-state index contributed by atoms with van der Waals surface area (Å²) in [5, 5.41) is 12.1. The van der Waals surface area contributed by atoms with Crippen molar-refractivity contribution in [1.82, 2.24) is 19.8 Å². The molecule has 2 aromatic carbocycles. The Morgan fingerprint density at radius 1 is 1.02 bits per heavy atom. The van der Waals surface area contributed by atoms with Crippen LogP contribution in [0.4, 0.5) is 0 Å². The Bertz CT molecular complexity index is 1450. The van der Waals surface area contributed by atoms with Gasteiger partial charge in [-0.2, -0.15) is 4.72 Å². The second kappa shape index (κ2) is 16.0. The number of hydrogen-bond acceptors (Lipinski definition) is 7. The zero-order valence-corrected chi connectivity index (χ0v) is 26.8. The maximum absolute atomic E-state index is 14.1. The number of piperidine rings is 1. The van der Waals surface area contributed by atoms with Crippen molar-refractivity contribution in [1.29, 1.82) is 5.41 Å². The largest absolute Gasteiger partial charge is 0.465 e. The minimum atomic E-state index is -4.23. The molecule has 2 fully saturated rings. The van der Waals surface area contributed by atoms with E-state index < -0.39 is 40.3 Å². The molecule has 2 aromatic rings. The van der Waals surface area contributed by atoms with Crippen molar-refractivity contribution in [2.24, 2.45) is 17.6 Å². The van der Waals surface area contributed by atoms with Crippen molar-refractivity contribution in [3.05, 3.63) is 42.5 Å². The molecule has 2 aliphatic rings. The number of nitrogens with zero attached hydrogens (tertiary/aromatic N) is 2. The molecule has 0 bridgehead atoms. The lowest BCUT2D eigenvalue weighted by Crippen LogP contribution is -2.53. The molecule has 12 nitrogen and oxygen atoms in total. The molecule has 0 unspecified atom stereocenters. The molecular weight excluding hydrogens is 596 g/mol. The molecule has 4 rings (SSSR count). The smallest absolute Gasteiger partial charge is 0.325 e. The summed E-state index contributed by atoms with van der Waals surface area (Å²) in [6, 6.07) is 10.6. The Kier molecular flexibility index (Phi) is 12.2. The number of ether oxygens (including phenoxy) is 1. The van der Waals surface area contributed by atoms with Crippen LogP contribution in [-0.2, 0) is 29.1 Å². The molecule has 246 valence electrons. The molecule has 1 atom stereocenters. The number of esters is 1. The predicted octanol–water partition coefficient (Wildman–Crippen LogP) is 2.57. The SMILES string of the molecule is CCOC(=O)CN(CC1CCCCC1)C(=O)[C@H](CC(=O)NCC1CCN(C(=N)N)CC1)NS(=O)(=O)c1ccc2ccccc2c1. The van der Waals surface area contributed by atoms with Gasteiger partial charge in [-0.15, -0.1) is 0 Å². The molecule has 1 saturated carbocycles. The van der Waals surface area contributed by atoms with Crippen molar-refractivity contribution in [2.45, 2.75) is 69.2 Å². The Labute approximate surface area is 265 Å². The van der Waals surface area contributed by atoms with Crippen molar-refractivity contribution < 1.29 is 27.5 Å². The lowest BCUT2D eigenvalue weighted by atomic mass is 9.89. The predicted molar refractivity (Wildman–Crippen MR) is 172 cm³/mol. The number of amides is 2. The van der Waals surface area contributed by atoms with Crippen LogP contribution >= 0.6 is 0 Å². The van der Waals surface area contributed by atoms with Gasteiger partial charge in [0.25, 0.3) is 0 Å². The fourth-order valence-corrected chi connectivity index (χ4v) is 7.38. The van der Waals surface area contributed by atoms with Crippen LogP contribution in [0.15, 0.2) is 47.4 Å². The van der Waals surface area contributed by atoms with Gasteiger partial charge in [-0.05, 0) is 67.3 Å². The Balaban J connectivity index is 1.53. The highest BCUT2D eigenvalue weighted by Gasteiger charge is 2.34. The average Bonchev–Trinajstić information content (AvgIpc) is 3.03. The molecule has 0 aromatic heterocycles. The van der Waals surface area contributed by atoms with Crippen molar-refractivity contribution in [2.75, 3.05) is 39.3 Å². The number of hydrogen-bond donors (Lipinski definition) is 4. The number of likely N-dealkylation sites (tertiary alicyclic amines) is 1. The zero-order valence-electron chi connectivity index (χ0n) is 26.0. The Hall–Kier alpha value is -3.71. The minimum Gasteiger partial charge on any atom is -0.465 e. The van der Waals surface area contributed by atoms with Crippen LogP contribution in [-0.4, -0.2) is 87.3 Å². The minimum absolute atomic E-state index is 0.0261. The summed E-state index contributed by atoms with van der Waals surface area (Å²) in [6.45, 7) is 3.38. The van der Waals surface area contributed by atoms with Gasteiger partial charge >= 0.3 is 5.97 Å². The summed E-state index contributed by atoms with van der Waals surface area (Å²) in [7, 11) is -4.23. The average molecular weight is 643 g/mol. The third-order valence-corrected chi connectivity index (χ3v) is 10.2. The van der Waals surface area contributed by atoms with Crippen LogP contribution in [0.3, 0.4) is 0 Å². The van der Waals surface area contributed by atoms with E-state index >= 15 is 0 Å². The van der Waals surface area contributed by atoms with Crippen LogP contribution < -0.4 is 15.8 Å². The first-order chi connectivity index (χ1) is 21.6. The van der Waals surface area contributed by atoms with E-state index in [1.165, 1.54) is 17.0 Å². The van der Waals surface area contributed by atoms with Gasteiger partial charge in [-0.3, -0.25) is 19.8 Å². The number of nitrogens with two attached hydrogens (primary N) is 1. The fourth-order valence-electron chi connectivity index (χ4n) is 6.16. The molecular formula is C32H46N6O6S. The van der Waals surface area contributed by atoms with Crippen LogP contribution in [0.25, 0.3) is 10.8 Å². The monoisotopic (exact) mass is 642 g/mol. The fraction of sp³-hybridized carbons (Fsp3) is 0.562. The van der Waals surface area contributed by atoms with E-state index in [1.54, 1.807) is 24.0 Å². The molecule has 0 spiro atoms. The summed E-state index contributed by atoms with van der Waals surface area (Å²) in [6.07, 6.45) is 6.03. The quantitative estimate of drug-likeness (QED) is 0.146. The van der Waals surface area contributed by atoms with Gasteiger partial charge in [0, 0.05) is 26.2 Å². The maximum Gasteiger partial charge on any atom is 0.325 e. The number of fused-ring (bicyclic) bond motifs is 1. The molecule has 1 saturated heterocycles. The summed E-state index contributed by atoms with van der Waals surface area (Å²) < 4.78 is 35.0. The van der Waals surface area contributed by atoms with Crippen LogP contribution in [0.5, 0.6) is 0 Å².